The summed E-state index contributed by atoms with van der Waals surface area (Å²) >= 11 is 0. The minimum Gasteiger partial charge on any atom is -0.497 e. The molecule has 1 aromatic heterocycles. The molecule has 3 aromatic carbocycles. The molecule has 188 valence electrons. The van der Waals surface area contributed by atoms with Crippen LogP contribution in [0, 0.1) is 13.8 Å². The van der Waals surface area contributed by atoms with Gasteiger partial charge in [-0.05, 0) is 80.3 Å². The largest absolute Gasteiger partial charge is 0.497 e. The van der Waals surface area contributed by atoms with Gasteiger partial charge in [0.05, 0.1) is 24.7 Å². The monoisotopic (exact) mass is 485 g/mol. The van der Waals surface area contributed by atoms with Crippen LogP contribution in [0.5, 0.6) is 11.5 Å². The van der Waals surface area contributed by atoms with Crippen molar-refractivity contribution in [2.75, 3.05) is 20.3 Å². The molecule has 0 aliphatic heterocycles. The molecular weight excluding hydrogens is 450 g/mol. The van der Waals surface area contributed by atoms with Crippen molar-refractivity contribution in [3.8, 4) is 11.5 Å². The molecule has 0 fully saturated rings. The molecule has 0 spiro atoms. The number of fused-ring (bicyclic) bond motifs is 1. The minimum absolute atomic E-state index is 0.0525. The van der Waals surface area contributed by atoms with Crippen LogP contribution in [-0.4, -0.2) is 35.7 Å². The van der Waals surface area contributed by atoms with Gasteiger partial charge in [0, 0.05) is 18.5 Å². The van der Waals surface area contributed by atoms with E-state index in [1.807, 2.05) is 18.2 Å². The summed E-state index contributed by atoms with van der Waals surface area (Å²) in [6, 6.07) is 21.6. The number of imidazole rings is 1. The van der Waals surface area contributed by atoms with Gasteiger partial charge >= 0.3 is 0 Å². The van der Waals surface area contributed by atoms with E-state index in [0.717, 1.165) is 60.6 Å². The number of aryl methyl sites for hydroxylation is 2. The van der Waals surface area contributed by atoms with Crippen LogP contribution < -0.4 is 14.8 Å². The Morgan fingerprint density at radius 3 is 2.56 bits per heavy atom. The van der Waals surface area contributed by atoms with Gasteiger partial charge in [-0.1, -0.05) is 30.7 Å². The van der Waals surface area contributed by atoms with Crippen molar-refractivity contribution in [2.24, 2.45) is 0 Å². The summed E-state index contributed by atoms with van der Waals surface area (Å²) in [6.07, 6.45) is 3.85. The first-order valence-electron chi connectivity index (χ1n) is 12.6. The molecule has 0 unspecified atom stereocenters. The lowest BCUT2D eigenvalue weighted by molar-refractivity contribution is 0.0953. The van der Waals surface area contributed by atoms with Gasteiger partial charge in [0.2, 0.25) is 0 Å². The molecule has 0 saturated carbocycles. The Morgan fingerprint density at radius 1 is 0.944 bits per heavy atom. The van der Waals surface area contributed by atoms with Crippen molar-refractivity contribution >= 4 is 16.9 Å². The Kier molecular flexibility index (Phi) is 8.61. The summed E-state index contributed by atoms with van der Waals surface area (Å²) < 4.78 is 13.6. The highest BCUT2D eigenvalue weighted by atomic mass is 16.5. The number of nitrogens with zero attached hydrogens (tertiary/aromatic N) is 2. The van der Waals surface area contributed by atoms with E-state index in [1.165, 1.54) is 11.1 Å². The fourth-order valence-electron chi connectivity index (χ4n) is 4.32. The lowest BCUT2D eigenvalue weighted by Gasteiger charge is -2.13. The zero-order valence-electron chi connectivity index (χ0n) is 21.4. The molecule has 0 aliphatic rings. The number of carbonyl (C=O) groups excluding carboxylic acids is 1. The number of benzene rings is 3. The summed E-state index contributed by atoms with van der Waals surface area (Å²) in [4.78, 5) is 17.2. The molecule has 0 atom stereocenters. The number of para-hydroxylation sites is 2. The van der Waals surface area contributed by atoms with Crippen molar-refractivity contribution in [3.63, 3.8) is 0 Å². The maximum Gasteiger partial charge on any atom is 0.251 e. The smallest absolute Gasteiger partial charge is 0.251 e. The molecule has 4 aromatic rings. The van der Waals surface area contributed by atoms with E-state index in [1.54, 1.807) is 31.4 Å². The number of hydrogen-bond acceptors (Lipinski definition) is 4. The minimum atomic E-state index is -0.0525. The second-order valence-corrected chi connectivity index (χ2v) is 9.01. The number of amides is 1. The highest BCUT2D eigenvalue weighted by molar-refractivity contribution is 5.94. The predicted octanol–water partition coefficient (Wildman–Crippen LogP) is 5.88. The second kappa shape index (κ2) is 12.2. The normalized spacial score (nSPS) is 11.0. The molecule has 1 amide bonds. The van der Waals surface area contributed by atoms with E-state index in [4.69, 9.17) is 14.5 Å². The highest BCUT2D eigenvalue weighted by Gasteiger charge is 2.11. The van der Waals surface area contributed by atoms with E-state index in [0.29, 0.717) is 18.7 Å². The van der Waals surface area contributed by atoms with Gasteiger partial charge in [0.25, 0.3) is 5.91 Å². The fraction of sp³-hybridized carbons (Fsp3) is 0.333. The van der Waals surface area contributed by atoms with Crippen molar-refractivity contribution < 1.29 is 14.3 Å². The van der Waals surface area contributed by atoms with Crippen molar-refractivity contribution in [1.29, 1.82) is 0 Å². The van der Waals surface area contributed by atoms with E-state index in [2.05, 4.69) is 48.0 Å². The number of nitrogens with one attached hydrogen (secondary N) is 1. The van der Waals surface area contributed by atoms with Crippen molar-refractivity contribution in [3.05, 3.63) is 89.2 Å². The zero-order valence-corrected chi connectivity index (χ0v) is 21.4. The Labute approximate surface area is 213 Å². The summed E-state index contributed by atoms with van der Waals surface area (Å²) in [5, 5.41) is 3.00. The number of carbonyl (C=O) groups is 1. The maximum atomic E-state index is 12.3. The average Bonchev–Trinajstić information content (AvgIpc) is 3.25. The summed E-state index contributed by atoms with van der Waals surface area (Å²) in [7, 11) is 1.62. The van der Waals surface area contributed by atoms with Gasteiger partial charge < -0.3 is 19.4 Å². The van der Waals surface area contributed by atoms with Crippen LogP contribution in [0.1, 0.15) is 46.6 Å². The number of unbranched alkanes of at least 4 members (excludes halogenated alkanes) is 2. The number of ether oxygens (including phenoxy) is 2. The quantitative estimate of drug-likeness (QED) is 0.254. The maximum absolute atomic E-state index is 12.3. The molecular formula is C30H35N3O3. The first-order valence-corrected chi connectivity index (χ1v) is 12.6. The van der Waals surface area contributed by atoms with Gasteiger partial charge in [-0.2, -0.15) is 0 Å². The lowest BCUT2D eigenvalue weighted by Crippen LogP contribution is -2.24. The molecule has 6 heteroatoms. The predicted molar refractivity (Wildman–Crippen MR) is 144 cm³/mol. The van der Waals surface area contributed by atoms with E-state index in [-0.39, 0.29) is 5.91 Å². The Bertz CT molecular complexity index is 1290. The molecule has 0 aliphatic carbocycles. The van der Waals surface area contributed by atoms with E-state index in [9.17, 15) is 4.79 Å². The molecule has 0 bridgehead atoms. The van der Waals surface area contributed by atoms with Gasteiger partial charge in [-0.25, -0.2) is 4.98 Å². The van der Waals surface area contributed by atoms with Crippen LogP contribution >= 0.6 is 0 Å². The van der Waals surface area contributed by atoms with Gasteiger partial charge in [0.15, 0.2) is 0 Å². The highest BCUT2D eigenvalue weighted by Crippen LogP contribution is 2.22. The van der Waals surface area contributed by atoms with Gasteiger partial charge in [-0.15, -0.1) is 0 Å². The molecule has 1 heterocycles. The van der Waals surface area contributed by atoms with E-state index < -0.39 is 0 Å². The number of methoxy groups -OCH3 is 1. The summed E-state index contributed by atoms with van der Waals surface area (Å²) in [5.74, 6) is 2.72. The SMILES string of the molecule is COc1ccc(C(=O)NCCCCCc2nc3ccccc3n2CCOc2cccc(C)c2C)cc1. The lowest BCUT2D eigenvalue weighted by atomic mass is 10.1. The summed E-state index contributed by atoms with van der Waals surface area (Å²) in [6.45, 7) is 6.21. The molecule has 0 saturated heterocycles. The van der Waals surface area contributed by atoms with E-state index >= 15 is 0 Å². The second-order valence-electron chi connectivity index (χ2n) is 9.01. The molecule has 4 rings (SSSR count). The van der Waals surface area contributed by atoms with Gasteiger partial charge in [-0.3, -0.25) is 4.79 Å². The third-order valence-corrected chi connectivity index (χ3v) is 6.58. The van der Waals surface area contributed by atoms with Crippen LogP contribution in [0.3, 0.4) is 0 Å². The Hall–Kier alpha value is -3.80. The standard InChI is InChI=1S/C30H35N3O3/c1-22-10-9-13-28(23(22)2)36-21-20-33-27-12-7-6-11-26(27)32-29(33)14-5-4-8-19-31-30(34)24-15-17-25(35-3)18-16-24/h6-7,9-13,15-18H,4-5,8,14,19-21H2,1-3H3,(H,31,34). The van der Waals surface area contributed by atoms with Crippen molar-refractivity contribution in [1.82, 2.24) is 14.9 Å². The number of hydrogen-bond donors (Lipinski definition) is 1. The first-order chi connectivity index (χ1) is 17.6. The fourth-order valence-corrected chi connectivity index (χ4v) is 4.32. The first kappa shape index (κ1) is 25.3. The van der Waals surface area contributed by atoms with Crippen LogP contribution in [0.2, 0.25) is 0 Å². The van der Waals surface area contributed by atoms with Crippen LogP contribution in [0.15, 0.2) is 66.7 Å². The third-order valence-electron chi connectivity index (χ3n) is 6.58. The Morgan fingerprint density at radius 2 is 1.75 bits per heavy atom. The van der Waals surface area contributed by atoms with Crippen molar-refractivity contribution in [2.45, 2.75) is 46.1 Å². The van der Waals surface area contributed by atoms with Crippen LogP contribution in [-0.2, 0) is 13.0 Å². The third kappa shape index (κ3) is 6.25. The molecule has 6 nitrogen and oxygen atoms in total. The summed E-state index contributed by atoms with van der Waals surface area (Å²) in [5.41, 5.74) is 5.23. The topological polar surface area (TPSA) is 65.4 Å². The van der Waals surface area contributed by atoms with Crippen LogP contribution in [0.25, 0.3) is 11.0 Å². The van der Waals surface area contributed by atoms with Gasteiger partial charge in [0.1, 0.15) is 23.9 Å². The van der Waals surface area contributed by atoms with Crippen LogP contribution in [0.4, 0.5) is 0 Å². The molecule has 0 radical (unpaired) electrons. The Balaban J connectivity index is 1.27. The number of aromatic nitrogens is 2. The average molecular weight is 486 g/mol. The molecule has 36 heavy (non-hydrogen) atoms. The molecule has 1 N–H and O–H groups in total. The zero-order chi connectivity index (χ0) is 25.3. The number of rotatable bonds is 12.